The minimum absolute atomic E-state index is 0.771. The topological polar surface area (TPSA) is 0 Å². The molecule has 0 saturated heterocycles. The van der Waals surface area contributed by atoms with Crippen molar-refractivity contribution in [1.29, 1.82) is 0 Å². The number of allylic oxidation sites excluding steroid dienone is 2. The van der Waals surface area contributed by atoms with Crippen molar-refractivity contribution < 1.29 is 0 Å². The molecule has 0 aliphatic heterocycles. The molecule has 1 atom stereocenters. The Hall–Kier alpha value is -0.260. The van der Waals surface area contributed by atoms with Gasteiger partial charge in [0.1, 0.15) is 0 Å². The van der Waals surface area contributed by atoms with Gasteiger partial charge in [-0.15, -0.1) is 0 Å². The molecule has 0 fully saturated rings. The van der Waals surface area contributed by atoms with E-state index in [0.717, 1.165) is 11.8 Å². The molecule has 0 aromatic heterocycles. The van der Waals surface area contributed by atoms with Crippen LogP contribution in [0.25, 0.3) is 0 Å². The molecule has 0 N–H and O–H groups in total. The van der Waals surface area contributed by atoms with Crippen molar-refractivity contribution in [2.75, 3.05) is 0 Å². The van der Waals surface area contributed by atoms with E-state index in [1.165, 1.54) is 12.8 Å². The first-order valence-corrected chi connectivity index (χ1v) is 4.29. The van der Waals surface area contributed by atoms with E-state index >= 15 is 0 Å². The van der Waals surface area contributed by atoms with E-state index < -0.39 is 0 Å². The first-order valence-electron chi connectivity index (χ1n) is 4.29. The molecule has 0 rings (SSSR count). The summed E-state index contributed by atoms with van der Waals surface area (Å²) in [5.41, 5.74) is 0. The summed E-state index contributed by atoms with van der Waals surface area (Å²) in [7, 11) is 0. The summed E-state index contributed by atoms with van der Waals surface area (Å²) in [5, 5.41) is 0. The van der Waals surface area contributed by atoms with Crippen LogP contribution in [-0.4, -0.2) is 0 Å². The highest BCUT2D eigenvalue weighted by molar-refractivity contribution is 4.82. The molecule has 0 bridgehead atoms. The third kappa shape index (κ3) is 5.87. The maximum absolute atomic E-state index is 2.28. The first-order chi connectivity index (χ1) is 4.66. The Kier molecular flexibility index (Phi) is 5.38. The van der Waals surface area contributed by atoms with Crippen LogP contribution < -0.4 is 0 Å². The zero-order chi connectivity index (χ0) is 7.98. The van der Waals surface area contributed by atoms with Crippen molar-refractivity contribution in [2.24, 2.45) is 11.8 Å². The van der Waals surface area contributed by atoms with Gasteiger partial charge in [-0.25, -0.2) is 0 Å². The first kappa shape index (κ1) is 9.74. The average molecular weight is 140 g/mol. The molecular weight excluding hydrogens is 120 g/mol. The largest absolute Gasteiger partial charge is 0.0914 e. The highest BCUT2D eigenvalue weighted by atomic mass is 14.0. The summed E-state index contributed by atoms with van der Waals surface area (Å²) in [6.45, 7) is 8.93. The van der Waals surface area contributed by atoms with Crippen LogP contribution in [-0.2, 0) is 0 Å². The maximum Gasteiger partial charge on any atom is -0.0262 e. The lowest BCUT2D eigenvalue weighted by Crippen LogP contribution is -1.93. The van der Waals surface area contributed by atoms with Gasteiger partial charge in [-0.1, -0.05) is 39.3 Å². The lowest BCUT2D eigenvalue weighted by molar-refractivity contribution is 0.502. The summed E-state index contributed by atoms with van der Waals surface area (Å²) < 4.78 is 0. The summed E-state index contributed by atoms with van der Waals surface area (Å²) in [5.74, 6) is 1.63. The SMILES string of the molecule is CC=CC(C)CCC(C)C. The van der Waals surface area contributed by atoms with E-state index in [4.69, 9.17) is 0 Å². The van der Waals surface area contributed by atoms with Crippen LogP contribution in [0.2, 0.25) is 0 Å². The molecule has 0 heterocycles. The minimum atomic E-state index is 0.771. The van der Waals surface area contributed by atoms with E-state index in [2.05, 4.69) is 39.8 Å². The van der Waals surface area contributed by atoms with Crippen LogP contribution in [0, 0.1) is 11.8 Å². The molecule has 0 spiro atoms. The molecule has 0 radical (unpaired) electrons. The second-order valence-corrected chi connectivity index (χ2v) is 3.47. The Labute approximate surface area is 65.3 Å². The normalized spacial score (nSPS) is 14.9. The van der Waals surface area contributed by atoms with Crippen LogP contribution in [0.15, 0.2) is 12.2 Å². The summed E-state index contributed by atoms with van der Waals surface area (Å²) in [6, 6.07) is 0. The molecule has 0 saturated carbocycles. The molecule has 0 nitrogen and oxygen atoms in total. The van der Waals surface area contributed by atoms with Crippen LogP contribution in [0.3, 0.4) is 0 Å². The van der Waals surface area contributed by atoms with Crippen LogP contribution in [0.4, 0.5) is 0 Å². The minimum Gasteiger partial charge on any atom is -0.0914 e. The zero-order valence-electron chi connectivity index (χ0n) is 7.72. The predicted molar refractivity (Wildman–Crippen MR) is 48.1 cm³/mol. The highest BCUT2D eigenvalue weighted by Crippen LogP contribution is 2.12. The molecule has 0 heteroatoms. The molecular formula is C10H20. The maximum atomic E-state index is 2.28. The fourth-order valence-corrected chi connectivity index (χ4v) is 1.02. The third-order valence-corrected chi connectivity index (χ3v) is 1.72. The molecule has 10 heavy (non-hydrogen) atoms. The Morgan fingerprint density at radius 1 is 1.10 bits per heavy atom. The van der Waals surface area contributed by atoms with Gasteiger partial charge in [0.05, 0.1) is 0 Å². The molecule has 0 aromatic carbocycles. The second kappa shape index (κ2) is 5.52. The van der Waals surface area contributed by atoms with E-state index in [1.54, 1.807) is 0 Å². The van der Waals surface area contributed by atoms with Crippen LogP contribution in [0.1, 0.15) is 40.5 Å². The van der Waals surface area contributed by atoms with Crippen molar-refractivity contribution in [3.63, 3.8) is 0 Å². The molecule has 0 aliphatic rings. The van der Waals surface area contributed by atoms with Gasteiger partial charge >= 0.3 is 0 Å². The quantitative estimate of drug-likeness (QED) is 0.523. The number of hydrogen-bond donors (Lipinski definition) is 0. The molecule has 0 aromatic rings. The number of hydrogen-bond acceptors (Lipinski definition) is 0. The van der Waals surface area contributed by atoms with Crippen LogP contribution >= 0.6 is 0 Å². The standard InChI is InChI=1S/C10H20/c1-5-6-10(4)8-7-9(2)3/h5-6,9-10H,7-8H2,1-4H3. The van der Waals surface area contributed by atoms with Gasteiger partial charge in [-0.05, 0) is 25.2 Å². The van der Waals surface area contributed by atoms with E-state index in [9.17, 15) is 0 Å². The average Bonchev–Trinajstić information content (AvgIpc) is 1.85. The summed E-state index contributed by atoms with van der Waals surface area (Å²) >= 11 is 0. The Morgan fingerprint density at radius 2 is 1.70 bits per heavy atom. The fourth-order valence-electron chi connectivity index (χ4n) is 1.02. The third-order valence-electron chi connectivity index (χ3n) is 1.72. The zero-order valence-corrected chi connectivity index (χ0v) is 7.72. The second-order valence-electron chi connectivity index (χ2n) is 3.47. The van der Waals surface area contributed by atoms with Crippen molar-refractivity contribution in [1.82, 2.24) is 0 Å². The highest BCUT2D eigenvalue weighted by Gasteiger charge is 1.98. The van der Waals surface area contributed by atoms with E-state index in [0.29, 0.717) is 0 Å². The van der Waals surface area contributed by atoms with Crippen molar-refractivity contribution in [3.8, 4) is 0 Å². The lowest BCUT2D eigenvalue weighted by atomic mass is 9.99. The van der Waals surface area contributed by atoms with Gasteiger partial charge in [0.2, 0.25) is 0 Å². The lowest BCUT2D eigenvalue weighted by Gasteiger charge is -2.07. The molecule has 60 valence electrons. The van der Waals surface area contributed by atoms with Gasteiger partial charge in [-0.2, -0.15) is 0 Å². The van der Waals surface area contributed by atoms with E-state index in [-0.39, 0.29) is 0 Å². The Bertz CT molecular complexity index is 90.2. The fraction of sp³-hybridized carbons (Fsp3) is 0.800. The van der Waals surface area contributed by atoms with Gasteiger partial charge in [0, 0.05) is 0 Å². The van der Waals surface area contributed by atoms with Gasteiger partial charge in [0.15, 0.2) is 0 Å². The molecule has 1 unspecified atom stereocenters. The smallest absolute Gasteiger partial charge is 0.0262 e. The Balaban J connectivity index is 3.30. The van der Waals surface area contributed by atoms with E-state index in [1.807, 2.05) is 0 Å². The summed E-state index contributed by atoms with van der Waals surface area (Å²) in [6.07, 6.45) is 7.11. The predicted octanol–water partition coefficient (Wildman–Crippen LogP) is 3.63. The molecule has 0 amide bonds. The number of rotatable bonds is 4. The van der Waals surface area contributed by atoms with Gasteiger partial charge in [-0.3, -0.25) is 0 Å². The Morgan fingerprint density at radius 3 is 2.10 bits per heavy atom. The van der Waals surface area contributed by atoms with Crippen molar-refractivity contribution in [2.45, 2.75) is 40.5 Å². The van der Waals surface area contributed by atoms with Crippen molar-refractivity contribution in [3.05, 3.63) is 12.2 Å². The van der Waals surface area contributed by atoms with Gasteiger partial charge in [0.25, 0.3) is 0 Å². The van der Waals surface area contributed by atoms with Crippen LogP contribution in [0.5, 0.6) is 0 Å². The van der Waals surface area contributed by atoms with Crippen molar-refractivity contribution >= 4 is 0 Å². The van der Waals surface area contributed by atoms with Gasteiger partial charge < -0.3 is 0 Å². The molecule has 0 aliphatic carbocycles. The summed E-state index contributed by atoms with van der Waals surface area (Å²) in [4.78, 5) is 0. The monoisotopic (exact) mass is 140 g/mol.